The van der Waals surface area contributed by atoms with Crippen molar-refractivity contribution in [3.63, 3.8) is 0 Å². The van der Waals surface area contributed by atoms with Gasteiger partial charge in [-0.05, 0) is 87.8 Å². The van der Waals surface area contributed by atoms with E-state index in [1.807, 2.05) is 6.07 Å². The van der Waals surface area contributed by atoms with Gasteiger partial charge in [-0.25, -0.2) is 0 Å². The molecule has 1 aromatic rings. The smallest absolute Gasteiger partial charge is 0.231 e. The highest BCUT2D eigenvalue weighted by atomic mass is 16.5. The van der Waals surface area contributed by atoms with Crippen LogP contribution < -0.4 is 10.1 Å². The van der Waals surface area contributed by atoms with Crippen molar-refractivity contribution in [2.24, 2.45) is 17.8 Å². The van der Waals surface area contributed by atoms with E-state index in [2.05, 4.69) is 17.1 Å². The van der Waals surface area contributed by atoms with Gasteiger partial charge in [0.15, 0.2) is 23.4 Å². The Hall–Kier alpha value is -2.12. The molecule has 2 bridgehead atoms. The van der Waals surface area contributed by atoms with Crippen molar-refractivity contribution >= 4 is 11.7 Å². The lowest BCUT2D eigenvalue weighted by molar-refractivity contribution is -0.198. The van der Waals surface area contributed by atoms with E-state index in [-0.39, 0.29) is 35.9 Å². The molecule has 1 aromatic carbocycles. The molecule has 0 aromatic heterocycles. The molecule has 4 aliphatic carbocycles. The molecule has 1 spiro atoms. The maximum absolute atomic E-state index is 13.9. The summed E-state index contributed by atoms with van der Waals surface area (Å²) in [4.78, 5) is 29.9. The first-order valence-electron chi connectivity index (χ1n) is 13.6. The summed E-state index contributed by atoms with van der Waals surface area (Å²) < 4.78 is 6.24. The Morgan fingerprint density at radius 1 is 1.20 bits per heavy atom. The summed E-state index contributed by atoms with van der Waals surface area (Å²) in [7, 11) is 0. The number of aliphatic hydroxyl groups is 1. The standard InChI is InChI=1S/C28H36N2O5/c1-15-2-7-18(8-3-15)29-26(33)19-13-28(34)21-12-17-6-9-20(31)24-22(17)27(28,25(35-24)23(19)32)10-11-30(21)14-16-4-5-16/h6,9,15-16,18-19,21,25,31,34H,2-5,7-8,10-14H2,1H3,(H,29,33)/t15?,18?,19?,21-,25+,27+,28-/m1/s1. The molecular formula is C28H36N2O5. The lowest BCUT2D eigenvalue weighted by Gasteiger charge is -2.63. The number of nitrogens with zero attached hydrogens (tertiary/aromatic N) is 1. The fourth-order valence-corrected chi connectivity index (χ4v) is 8.23. The van der Waals surface area contributed by atoms with Gasteiger partial charge in [-0.2, -0.15) is 0 Å². The molecule has 4 fully saturated rings. The predicted molar refractivity (Wildman–Crippen MR) is 128 cm³/mol. The number of rotatable bonds is 4. The number of phenolic OH excluding ortho intramolecular Hbond substituents is 1. The summed E-state index contributed by atoms with van der Waals surface area (Å²) >= 11 is 0. The largest absolute Gasteiger partial charge is 0.504 e. The van der Waals surface area contributed by atoms with E-state index in [1.165, 1.54) is 12.8 Å². The Labute approximate surface area is 206 Å². The second kappa shape index (κ2) is 7.45. The molecule has 0 radical (unpaired) electrons. The van der Waals surface area contributed by atoms with Crippen LogP contribution >= 0.6 is 0 Å². The SMILES string of the molecule is CC1CCC(NC(=O)C2C[C@@]3(O)[C@H]4Cc5ccc(O)c6c5[C@@]3(CCN4CC3CC3)[C@@H](O6)C2=O)CC1. The van der Waals surface area contributed by atoms with Crippen molar-refractivity contribution in [3.05, 3.63) is 23.3 Å². The monoisotopic (exact) mass is 480 g/mol. The van der Waals surface area contributed by atoms with E-state index in [9.17, 15) is 19.8 Å². The number of amides is 1. The molecule has 6 aliphatic rings. The minimum absolute atomic E-state index is 0.0128. The lowest BCUT2D eigenvalue weighted by atomic mass is 9.47. The van der Waals surface area contributed by atoms with Crippen LogP contribution in [-0.2, 0) is 21.4 Å². The second-order valence-corrected chi connectivity index (χ2v) is 12.4. The van der Waals surface area contributed by atoms with Crippen molar-refractivity contribution in [2.45, 2.75) is 93.9 Å². The van der Waals surface area contributed by atoms with Crippen LogP contribution in [0.25, 0.3) is 0 Å². The van der Waals surface area contributed by atoms with Crippen molar-refractivity contribution in [3.8, 4) is 11.5 Å². The van der Waals surface area contributed by atoms with Gasteiger partial charge < -0.3 is 20.3 Å². The number of benzene rings is 1. The van der Waals surface area contributed by atoms with Gasteiger partial charge in [0.1, 0.15) is 5.92 Å². The molecule has 1 amide bonds. The van der Waals surface area contributed by atoms with Crippen LogP contribution in [0.2, 0.25) is 0 Å². The van der Waals surface area contributed by atoms with Gasteiger partial charge in [-0.15, -0.1) is 0 Å². The zero-order valence-electron chi connectivity index (χ0n) is 20.5. The summed E-state index contributed by atoms with van der Waals surface area (Å²) in [5, 5.41) is 26.5. The maximum atomic E-state index is 13.9. The number of piperidine rings is 1. The number of ketones is 1. The summed E-state index contributed by atoms with van der Waals surface area (Å²) in [6.45, 7) is 3.99. The molecule has 35 heavy (non-hydrogen) atoms. The van der Waals surface area contributed by atoms with E-state index in [0.29, 0.717) is 30.4 Å². The number of Topliss-reactive ketones (excluding diaryl/α,β-unsaturated/α-hetero) is 1. The van der Waals surface area contributed by atoms with E-state index < -0.39 is 23.0 Å². The number of carbonyl (C=O) groups excluding carboxylic acids is 2. The molecule has 5 atom stereocenters. The van der Waals surface area contributed by atoms with Gasteiger partial charge in [-0.3, -0.25) is 14.5 Å². The number of aromatic hydroxyl groups is 1. The zero-order chi connectivity index (χ0) is 24.1. The molecule has 2 aliphatic heterocycles. The summed E-state index contributed by atoms with van der Waals surface area (Å²) in [5.74, 6) is 0.270. The third kappa shape index (κ3) is 2.97. The first-order valence-corrected chi connectivity index (χ1v) is 13.6. The van der Waals surface area contributed by atoms with Crippen molar-refractivity contribution in [1.82, 2.24) is 10.2 Å². The topological polar surface area (TPSA) is 99.1 Å². The van der Waals surface area contributed by atoms with E-state index >= 15 is 0 Å². The Morgan fingerprint density at radius 2 is 1.97 bits per heavy atom. The average Bonchev–Trinajstić information content (AvgIpc) is 3.57. The number of hydrogen-bond acceptors (Lipinski definition) is 6. The summed E-state index contributed by atoms with van der Waals surface area (Å²) in [6.07, 6.45) is 6.93. The van der Waals surface area contributed by atoms with Gasteiger partial charge in [-0.1, -0.05) is 13.0 Å². The van der Waals surface area contributed by atoms with Crippen LogP contribution in [0.3, 0.4) is 0 Å². The van der Waals surface area contributed by atoms with Crippen LogP contribution in [-0.4, -0.2) is 63.7 Å². The summed E-state index contributed by atoms with van der Waals surface area (Å²) in [6, 6.07) is 3.51. The van der Waals surface area contributed by atoms with E-state index in [0.717, 1.165) is 49.9 Å². The fraction of sp³-hybridized carbons (Fsp3) is 0.714. The van der Waals surface area contributed by atoms with Gasteiger partial charge in [0, 0.05) is 24.2 Å². The van der Waals surface area contributed by atoms with Crippen molar-refractivity contribution in [2.75, 3.05) is 13.1 Å². The van der Waals surface area contributed by atoms with E-state index in [1.54, 1.807) is 6.07 Å². The minimum Gasteiger partial charge on any atom is -0.504 e. The molecule has 3 N–H and O–H groups in total. The Bertz CT molecular complexity index is 1090. The minimum atomic E-state index is -1.26. The van der Waals surface area contributed by atoms with Crippen molar-refractivity contribution < 1.29 is 24.5 Å². The van der Waals surface area contributed by atoms with Crippen molar-refractivity contribution in [1.29, 1.82) is 0 Å². The highest BCUT2D eigenvalue weighted by molar-refractivity contribution is 6.06. The maximum Gasteiger partial charge on any atom is 0.231 e. The molecule has 188 valence electrons. The second-order valence-electron chi connectivity index (χ2n) is 12.4. The molecule has 7 rings (SSSR count). The van der Waals surface area contributed by atoms with Crippen LogP contribution in [0.15, 0.2) is 12.1 Å². The molecule has 3 saturated carbocycles. The van der Waals surface area contributed by atoms with Gasteiger partial charge in [0.25, 0.3) is 0 Å². The third-order valence-electron chi connectivity index (χ3n) is 10.3. The van der Waals surface area contributed by atoms with Crippen LogP contribution in [0.5, 0.6) is 11.5 Å². The molecule has 7 nitrogen and oxygen atoms in total. The number of ether oxygens (including phenoxy) is 1. The molecule has 2 heterocycles. The van der Waals surface area contributed by atoms with Gasteiger partial charge in [0.2, 0.25) is 5.91 Å². The molecule has 1 saturated heterocycles. The average molecular weight is 481 g/mol. The summed E-state index contributed by atoms with van der Waals surface area (Å²) in [5.41, 5.74) is -0.273. The number of likely N-dealkylation sites (tertiary alicyclic amines) is 1. The Morgan fingerprint density at radius 3 is 2.71 bits per heavy atom. The number of nitrogens with one attached hydrogen (secondary N) is 1. The normalized spacial score (nSPS) is 41.8. The van der Waals surface area contributed by atoms with Gasteiger partial charge in [0.05, 0.1) is 11.0 Å². The number of carbonyl (C=O) groups is 2. The first-order chi connectivity index (χ1) is 16.8. The number of hydrogen-bond donors (Lipinski definition) is 3. The lowest BCUT2D eigenvalue weighted by Crippen LogP contribution is -2.78. The van der Waals surface area contributed by atoms with E-state index in [4.69, 9.17) is 4.74 Å². The van der Waals surface area contributed by atoms with Crippen LogP contribution in [0.1, 0.15) is 69.4 Å². The Kier molecular flexibility index (Phi) is 4.71. The highest BCUT2D eigenvalue weighted by Gasteiger charge is 2.75. The molecule has 7 heteroatoms. The quantitative estimate of drug-likeness (QED) is 0.573. The third-order valence-corrected chi connectivity index (χ3v) is 10.3. The predicted octanol–water partition coefficient (Wildman–Crippen LogP) is 2.45. The zero-order valence-corrected chi connectivity index (χ0v) is 20.5. The fourth-order valence-electron chi connectivity index (χ4n) is 8.23. The highest BCUT2D eigenvalue weighted by Crippen LogP contribution is 2.65. The van der Waals surface area contributed by atoms with Crippen LogP contribution in [0.4, 0.5) is 0 Å². The Balaban J connectivity index is 1.27. The van der Waals surface area contributed by atoms with Gasteiger partial charge >= 0.3 is 0 Å². The van der Waals surface area contributed by atoms with Crippen LogP contribution in [0, 0.1) is 17.8 Å². The molecular weight excluding hydrogens is 444 g/mol. The number of phenols is 1. The first kappa shape index (κ1) is 22.1. The molecule has 1 unspecified atom stereocenters.